The zero-order valence-corrected chi connectivity index (χ0v) is 8.27. The summed E-state index contributed by atoms with van der Waals surface area (Å²) in [6, 6.07) is 3.87. The third-order valence-electron chi connectivity index (χ3n) is 1.37. The van der Waals surface area contributed by atoms with Crippen molar-refractivity contribution in [2.45, 2.75) is 6.54 Å². The Balaban J connectivity index is 0.000000845. The summed E-state index contributed by atoms with van der Waals surface area (Å²) >= 11 is 1.56. The van der Waals surface area contributed by atoms with Crippen LogP contribution in [0.5, 0.6) is 0 Å². The van der Waals surface area contributed by atoms with Crippen LogP contribution >= 0.6 is 23.7 Å². The highest BCUT2D eigenvalue weighted by Gasteiger charge is 2.06. The SMILES string of the molecule is Cl.NCc1nnc(-c2cccs2)o1. The first-order valence-electron chi connectivity index (χ1n) is 3.46. The van der Waals surface area contributed by atoms with Gasteiger partial charge in [0.05, 0.1) is 11.4 Å². The summed E-state index contributed by atoms with van der Waals surface area (Å²) in [5.41, 5.74) is 5.32. The quantitative estimate of drug-likeness (QED) is 0.831. The highest BCUT2D eigenvalue weighted by atomic mass is 35.5. The Kier molecular flexibility index (Phi) is 3.41. The summed E-state index contributed by atoms with van der Waals surface area (Å²) in [6.07, 6.45) is 0. The number of halogens is 1. The minimum atomic E-state index is 0. The lowest BCUT2D eigenvalue weighted by Gasteiger charge is -1.84. The Morgan fingerprint density at radius 2 is 2.31 bits per heavy atom. The molecule has 0 saturated heterocycles. The van der Waals surface area contributed by atoms with Gasteiger partial charge in [-0.1, -0.05) is 6.07 Å². The fourth-order valence-corrected chi connectivity index (χ4v) is 1.48. The van der Waals surface area contributed by atoms with Gasteiger partial charge in [0.2, 0.25) is 5.89 Å². The molecule has 2 heterocycles. The van der Waals surface area contributed by atoms with E-state index < -0.39 is 0 Å². The van der Waals surface area contributed by atoms with Crippen LogP contribution in [0.15, 0.2) is 21.9 Å². The van der Waals surface area contributed by atoms with E-state index in [1.54, 1.807) is 11.3 Å². The molecule has 0 aliphatic heterocycles. The van der Waals surface area contributed by atoms with Crippen LogP contribution in [0.4, 0.5) is 0 Å². The molecule has 0 unspecified atom stereocenters. The highest BCUT2D eigenvalue weighted by molar-refractivity contribution is 7.13. The van der Waals surface area contributed by atoms with E-state index in [0.717, 1.165) is 4.88 Å². The van der Waals surface area contributed by atoms with E-state index in [9.17, 15) is 0 Å². The number of thiophene rings is 1. The fraction of sp³-hybridized carbons (Fsp3) is 0.143. The first-order chi connectivity index (χ1) is 5.90. The van der Waals surface area contributed by atoms with Crippen molar-refractivity contribution in [1.82, 2.24) is 10.2 Å². The third-order valence-corrected chi connectivity index (χ3v) is 2.23. The second-order valence-electron chi connectivity index (χ2n) is 2.18. The lowest BCUT2D eigenvalue weighted by atomic mass is 10.5. The van der Waals surface area contributed by atoms with Gasteiger partial charge < -0.3 is 10.2 Å². The van der Waals surface area contributed by atoms with Crippen molar-refractivity contribution in [2.24, 2.45) is 5.73 Å². The van der Waals surface area contributed by atoms with E-state index in [1.165, 1.54) is 0 Å². The van der Waals surface area contributed by atoms with Crippen molar-refractivity contribution in [3.8, 4) is 10.8 Å². The second kappa shape index (κ2) is 4.36. The molecule has 6 heteroatoms. The third kappa shape index (κ3) is 2.06. The maximum atomic E-state index is 5.32. The van der Waals surface area contributed by atoms with Crippen molar-refractivity contribution in [3.05, 3.63) is 23.4 Å². The van der Waals surface area contributed by atoms with Crippen molar-refractivity contribution in [1.29, 1.82) is 0 Å². The summed E-state index contributed by atoms with van der Waals surface area (Å²) < 4.78 is 5.24. The van der Waals surface area contributed by atoms with Gasteiger partial charge in [-0.3, -0.25) is 0 Å². The molecule has 2 N–H and O–H groups in total. The molecule has 2 rings (SSSR count). The van der Waals surface area contributed by atoms with Gasteiger partial charge in [0.15, 0.2) is 0 Å². The molecule has 0 aliphatic carbocycles. The van der Waals surface area contributed by atoms with E-state index in [0.29, 0.717) is 18.3 Å². The smallest absolute Gasteiger partial charge is 0.257 e. The number of nitrogens with zero attached hydrogens (tertiary/aromatic N) is 2. The molecule has 0 fully saturated rings. The Bertz CT molecular complexity index is 359. The first-order valence-corrected chi connectivity index (χ1v) is 4.34. The van der Waals surface area contributed by atoms with Crippen molar-refractivity contribution in [3.63, 3.8) is 0 Å². The van der Waals surface area contributed by atoms with E-state index in [1.807, 2.05) is 17.5 Å². The minimum absolute atomic E-state index is 0. The molecule has 0 radical (unpaired) electrons. The molecule has 0 amide bonds. The minimum Gasteiger partial charge on any atom is -0.419 e. The van der Waals surface area contributed by atoms with Crippen LogP contribution in [-0.2, 0) is 6.54 Å². The average molecular weight is 218 g/mol. The van der Waals surface area contributed by atoms with Crippen LogP contribution in [0.25, 0.3) is 10.8 Å². The number of hydrogen-bond donors (Lipinski definition) is 1. The highest BCUT2D eigenvalue weighted by Crippen LogP contribution is 2.22. The lowest BCUT2D eigenvalue weighted by molar-refractivity contribution is 0.509. The van der Waals surface area contributed by atoms with Crippen LogP contribution in [0.1, 0.15) is 5.89 Å². The number of nitrogens with two attached hydrogens (primary N) is 1. The predicted molar refractivity (Wildman–Crippen MR) is 52.8 cm³/mol. The molecule has 2 aromatic heterocycles. The van der Waals surface area contributed by atoms with Crippen LogP contribution in [0.2, 0.25) is 0 Å². The molecule has 13 heavy (non-hydrogen) atoms. The van der Waals surface area contributed by atoms with Gasteiger partial charge in [0, 0.05) is 0 Å². The van der Waals surface area contributed by atoms with Gasteiger partial charge in [0.1, 0.15) is 0 Å². The molecule has 2 aromatic rings. The molecule has 0 saturated carbocycles. The van der Waals surface area contributed by atoms with Crippen LogP contribution in [-0.4, -0.2) is 10.2 Å². The number of aromatic nitrogens is 2. The van der Waals surface area contributed by atoms with E-state index >= 15 is 0 Å². The van der Waals surface area contributed by atoms with E-state index in [2.05, 4.69) is 10.2 Å². The second-order valence-corrected chi connectivity index (χ2v) is 3.13. The molecule has 0 atom stereocenters. The number of rotatable bonds is 2. The largest absolute Gasteiger partial charge is 0.419 e. The summed E-state index contributed by atoms with van der Waals surface area (Å²) in [7, 11) is 0. The molecular formula is C7H8ClN3OS. The van der Waals surface area contributed by atoms with Crippen molar-refractivity contribution in [2.75, 3.05) is 0 Å². The standard InChI is InChI=1S/C7H7N3OS.ClH/c8-4-6-9-10-7(11-6)5-2-1-3-12-5;/h1-3H,4,8H2;1H. The summed E-state index contributed by atoms with van der Waals surface area (Å²) in [6.45, 7) is 0.290. The van der Waals surface area contributed by atoms with Gasteiger partial charge >= 0.3 is 0 Å². The molecule has 0 aromatic carbocycles. The predicted octanol–water partition coefficient (Wildman–Crippen LogP) is 1.68. The van der Waals surface area contributed by atoms with Gasteiger partial charge in [-0.15, -0.1) is 33.9 Å². The van der Waals surface area contributed by atoms with Crippen molar-refractivity contribution >= 4 is 23.7 Å². The maximum Gasteiger partial charge on any atom is 0.257 e. The number of hydrogen-bond acceptors (Lipinski definition) is 5. The maximum absolute atomic E-state index is 5.32. The van der Waals surface area contributed by atoms with Crippen LogP contribution in [0, 0.1) is 0 Å². The van der Waals surface area contributed by atoms with Gasteiger partial charge in [-0.25, -0.2) is 0 Å². The Morgan fingerprint density at radius 1 is 1.46 bits per heavy atom. The zero-order valence-electron chi connectivity index (χ0n) is 6.64. The summed E-state index contributed by atoms with van der Waals surface area (Å²) in [4.78, 5) is 0.974. The average Bonchev–Trinajstić information content (AvgIpc) is 2.75. The van der Waals surface area contributed by atoms with E-state index in [-0.39, 0.29) is 12.4 Å². The first kappa shape index (κ1) is 10.2. The van der Waals surface area contributed by atoms with Crippen molar-refractivity contribution < 1.29 is 4.42 Å². The monoisotopic (exact) mass is 217 g/mol. The fourth-order valence-electron chi connectivity index (χ4n) is 0.836. The normalized spacial score (nSPS) is 9.62. The molecular weight excluding hydrogens is 210 g/mol. The topological polar surface area (TPSA) is 64.9 Å². The summed E-state index contributed by atoms with van der Waals surface area (Å²) in [5, 5.41) is 9.56. The molecule has 0 spiro atoms. The Hall–Kier alpha value is -0.910. The molecule has 0 bridgehead atoms. The van der Waals surface area contributed by atoms with Gasteiger partial charge in [-0.05, 0) is 11.4 Å². The van der Waals surface area contributed by atoms with Crippen LogP contribution in [0.3, 0.4) is 0 Å². The van der Waals surface area contributed by atoms with Gasteiger partial charge in [-0.2, -0.15) is 0 Å². The van der Waals surface area contributed by atoms with Crippen LogP contribution < -0.4 is 5.73 Å². The van der Waals surface area contributed by atoms with E-state index in [4.69, 9.17) is 10.2 Å². The molecule has 4 nitrogen and oxygen atoms in total. The Labute approximate surface area is 85.2 Å². The zero-order chi connectivity index (χ0) is 8.39. The molecule has 70 valence electrons. The summed E-state index contributed by atoms with van der Waals surface area (Å²) in [5.74, 6) is 1.02. The molecule has 0 aliphatic rings. The lowest BCUT2D eigenvalue weighted by Crippen LogP contribution is -1.95. The van der Waals surface area contributed by atoms with Gasteiger partial charge in [0.25, 0.3) is 5.89 Å². The Morgan fingerprint density at radius 3 is 2.85 bits per heavy atom.